The molecule has 8 nitrogen and oxygen atoms in total. The van der Waals surface area contributed by atoms with Crippen LogP contribution >= 0.6 is 23.2 Å². The average molecular weight is 707 g/mol. The molecule has 3 aromatic carbocycles. The number of halogens is 2. The van der Waals surface area contributed by atoms with Crippen LogP contribution < -0.4 is 10.3 Å². The van der Waals surface area contributed by atoms with Gasteiger partial charge in [-0.1, -0.05) is 60.7 Å². The van der Waals surface area contributed by atoms with Crippen molar-refractivity contribution in [1.29, 1.82) is 0 Å². The first-order valence-corrected chi connectivity index (χ1v) is 18.2. The van der Waals surface area contributed by atoms with Crippen LogP contribution in [0, 0.1) is 5.92 Å². The zero-order valence-electron chi connectivity index (χ0n) is 29.2. The van der Waals surface area contributed by atoms with Crippen LogP contribution in [0.2, 0.25) is 10.0 Å². The standard InChI is InChI=1S/C39H49Cl2N5O3/c1-5-49-31-18-16-30(17-19-31)46-38(42-35-14-10-9-13-32(35)39(46)48)36(21-22-44(4)27-28-11-7-6-8-12-28)45(24-23-43(2)3)37(47)26-29-15-20-33(40)34(41)25-29/h9-10,13-20,25,28,36H,5-8,11-12,21-24,26-27H2,1-4H3. The largest absolute Gasteiger partial charge is 0.494 e. The molecule has 1 unspecified atom stereocenters. The minimum Gasteiger partial charge on any atom is -0.494 e. The Labute approximate surface area is 300 Å². The van der Waals surface area contributed by atoms with Crippen molar-refractivity contribution in [2.24, 2.45) is 5.92 Å². The van der Waals surface area contributed by atoms with Gasteiger partial charge in [0.25, 0.3) is 5.56 Å². The van der Waals surface area contributed by atoms with Crippen LogP contribution in [0.5, 0.6) is 5.75 Å². The van der Waals surface area contributed by atoms with Gasteiger partial charge in [0.05, 0.1) is 45.7 Å². The molecule has 0 N–H and O–H groups in total. The van der Waals surface area contributed by atoms with E-state index in [0.29, 0.717) is 64.5 Å². The Hall–Kier alpha value is -3.43. The van der Waals surface area contributed by atoms with Crippen molar-refractivity contribution in [2.45, 2.75) is 57.9 Å². The number of aromatic nitrogens is 2. The van der Waals surface area contributed by atoms with E-state index in [4.69, 9.17) is 32.9 Å². The minimum absolute atomic E-state index is 0.0687. The molecule has 1 heterocycles. The molecule has 4 aromatic rings. The van der Waals surface area contributed by atoms with Crippen molar-refractivity contribution in [3.63, 3.8) is 0 Å². The van der Waals surface area contributed by atoms with Crippen LogP contribution in [0.15, 0.2) is 71.5 Å². The van der Waals surface area contributed by atoms with E-state index in [1.54, 1.807) is 16.7 Å². The first-order chi connectivity index (χ1) is 23.6. The fourth-order valence-corrected chi connectivity index (χ4v) is 7.16. The molecule has 0 bridgehead atoms. The number of nitrogens with zero attached hydrogens (tertiary/aromatic N) is 5. The maximum Gasteiger partial charge on any atom is 0.266 e. The zero-order chi connectivity index (χ0) is 34.9. The van der Waals surface area contributed by atoms with E-state index in [2.05, 4.69) is 16.8 Å². The maximum absolute atomic E-state index is 14.5. The number of hydrogen-bond donors (Lipinski definition) is 0. The first kappa shape index (κ1) is 36.8. The molecule has 262 valence electrons. The molecule has 49 heavy (non-hydrogen) atoms. The Morgan fingerprint density at radius 3 is 2.37 bits per heavy atom. The van der Waals surface area contributed by atoms with Crippen molar-refractivity contribution in [2.75, 3.05) is 53.9 Å². The highest BCUT2D eigenvalue weighted by atomic mass is 35.5. The smallest absolute Gasteiger partial charge is 0.266 e. The Morgan fingerprint density at radius 1 is 0.939 bits per heavy atom. The molecule has 0 radical (unpaired) electrons. The van der Waals surface area contributed by atoms with Gasteiger partial charge in [-0.15, -0.1) is 0 Å². The number of likely N-dealkylation sites (N-methyl/N-ethyl adjacent to an activating group) is 1. The number of carbonyl (C=O) groups is 1. The summed E-state index contributed by atoms with van der Waals surface area (Å²) in [5.41, 5.74) is 1.88. The molecule has 1 amide bonds. The highest BCUT2D eigenvalue weighted by Crippen LogP contribution is 2.30. The Bertz CT molecular complexity index is 1750. The summed E-state index contributed by atoms with van der Waals surface area (Å²) in [6.45, 7) is 5.33. The number of carbonyl (C=O) groups excluding carboxylic acids is 1. The lowest BCUT2D eigenvalue weighted by Gasteiger charge is -2.35. The van der Waals surface area contributed by atoms with Gasteiger partial charge < -0.3 is 19.4 Å². The number of benzene rings is 3. The zero-order valence-corrected chi connectivity index (χ0v) is 30.7. The first-order valence-electron chi connectivity index (χ1n) is 17.5. The SMILES string of the molecule is CCOc1ccc(-n2c(C(CCN(C)CC3CCCCC3)N(CCN(C)C)C(=O)Cc3ccc(Cl)c(Cl)c3)nc3ccccc3c2=O)cc1. The number of rotatable bonds is 15. The molecule has 0 saturated heterocycles. The predicted octanol–water partition coefficient (Wildman–Crippen LogP) is 7.67. The fraction of sp³-hybridized carbons (Fsp3) is 0.462. The summed E-state index contributed by atoms with van der Waals surface area (Å²) in [5.74, 6) is 1.88. The van der Waals surface area contributed by atoms with Crippen molar-refractivity contribution in [3.8, 4) is 11.4 Å². The van der Waals surface area contributed by atoms with Gasteiger partial charge in [-0.2, -0.15) is 0 Å². The number of fused-ring (bicyclic) bond motifs is 1. The Balaban J connectivity index is 1.62. The minimum atomic E-state index is -0.493. The molecule has 10 heteroatoms. The molecule has 5 rings (SSSR count). The van der Waals surface area contributed by atoms with Gasteiger partial charge in [0.2, 0.25) is 5.91 Å². The monoisotopic (exact) mass is 705 g/mol. The second kappa shape index (κ2) is 17.5. The number of hydrogen-bond acceptors (Lipinski definition) is 6. The second-order valence-corrected chi connectivity index (χ2v) is 14.3. The number of para-hydroxylation sites is 1. The third-order valence-electron chi connectivity index (χ3n) is 9.41. The van der Waals surface area contributed by atoms with E-state index in [9.17, 15) is 9.59 Å². The van der Waals surface area contributed by atoms with E-state index in [-0.39, 0.29) is 17.9 Å². The van der Waals surface area contributed by atoms with Gasteiger partial charge in [-0.05, 0) is 107 Å². The summed E-state index contributed by atoms with van der Waals surface area (Å²) in [4.78, 5) is 40.5. The van der Waals surface area contributed by atoms with Gasteiger partial charge in [-0.25, -0.2) is 4.98 Å². The second-order valence-electron chi connectivity index (χ2n) is 13.4. The fourth-order valence-electron chi connectivity index (χ4n) is 6.84. The summed E-state index contributed by atoms with van der Waals surface area (Å²) >= 11 is 12.6. The van der Waals surface area contributed by atoms with E-state index < -0.39 is 6.04 Å². The van der Waals surface area contributed by atoms with E-state index in [0.717, 1.165) is 24.4 Å². The summed E-state index contributed by atoms with van der Waals surface area (Å²) in [5, 5.41) is 1.38. The van der Waals surface area contributed by atoms with Gasteiger partial charge in [0, 0.05) is 26.2 Å². The quantitative estimate of drug-likeness (QED) is 0.126. The van der Waals surface area contributed by atoms with Crippen LogP contribution in [0.1, 0.15) is 62.9 Å². The summed E-state index contributed by atoms with van der Waals surface area (Å²) in [6.07, 6.45) is 7.16. The third-order valence-corrected chi connectivity index (χ3v) is 10.1. The predicted molar refractivity (Wildman–Crippen MR) is 200 cm³/mol. The lowest BCUT2D eigenvalue weighted by Crippen LogP contribution is -2.44. The molecule has 1 fully saturated rings. The van der Waals surface area contributed by atoms with Gasteiger partial charge in [0.1, 0.15) is 11.6 Å². The third kappa shape index (κ3) is 9.63. The normalized spacial score (nSPS) is 14.4. The summed E-state index contributed by atoms with van der Waals surface area (Å²) < 4.78 is 7.41. The summed E-state index contributed by atoms with van der Waals surface area (Å²) in [6, 6.07) is 19.8. The van der Waals surface area contributed by atoms with Crippen LogP contribution in [0.4, 0.5) is 0 Å². The molecule has 1 aliphatic rings. The molecule has 1 atom stereocenters. The molecule has 0 aliphatic heterocycles. The molecule has 1 aromatic heterocycles. The van der Waals surface area contributed by atoms with Gasteiger partial charge in [-0.3, -0.25) is 14.2 Å². The molecular formula is C39H49Cl2N5O3. The van der Waals surface area contributed by atoms with Crippen LogP contribution in [0.25, 0.3) is 16.6 Å². The van der Waals surface area contributed by atoms with Gasteiger partial charge in [0.15, 0.2) is 0 Å². The van der Waals surface area contributed by atoms with Gasteiger partial charge >= 0.3 is 0 Å². The Morgan fingerprint density at radius 2 is 1.67 bits per heavy atom. The van der Waals surface area contributed by atoms with Crippen LogP contribution in [-0.4, -0.2) is 84.1 Å². The topological polar surface area (TPSA) is 70.9 Å². The van der Waals surface area contributed by atoms with E-state index in [1.807, 2.05) is 80.5 Å². The number of ether oxygens (including phenoxy) is 1. The van der Waals surface area contributed by atoms with Crippen molar-refractivity contribution in [3.05, 3.63) is 98.5 Å². The van der Waals surface area contributed by atoms with E-state index >= 15 is 0 Å². The molecule has 1 saturated carbocycles. The molecular weight excluding hydrogens is 657 g/mol. The average Bonchev–Trinajstić information content (AvgIpc) is 3.09. The Kier molecular flexibility index (Phi) is 13.1. The highest BCUT2D eigenvalue weighted by Gasteiger charge is 2.31. The van der Waals surface area contributed by atoms with E-state index in [1.165, 1.54) is 32.1 Å². The molecule has 0 spiro atoms. The van der Waals surface area contributed by atoms with Crippen molar-refractivity contribution in [1.82, 2.24) is 24.3 Å². The highest BCUT2D eigenvalue weighted by molar-refractivity contribution is 6.42. The van der Waals surface area contributed by atoms with Crippen LogP contribution in [0.3, 0.4) is 0 Å². The lowest BCUT2D eigenvalue weighted by atomic mass is 9.89. The molecule has 1 aliphatic carbocycles. The lowest BCUT2D eigenvalue weighted by molar-refractivity contribution is -0.133. The van der Waals surface area contributed by atoms with Crippen LogP contribution in [-0.2, 0) is 11.2 Å². The van der Waals surface area contributed by atoms with Crippen molar-refractivity contribution < 1.29 is 9.53 Å². The summed E-state index contributed by atoms with van der Waals surface area (Å²) in [7, 11) is 6.16. The maximum atomic E-state index is 14.5. The van der Waals surface area contributed by atoms with Crippen molar-refractivity contribution >= 4 is 40.0 Å². The number of amides is 1.